The fraction of sp³-hybridized carbons (Fsp3) is 0.231. The van der Waals surface area contributed by atoms with E-state index in [4.69, 9.17) is 4.74 Å². The molecule has 192 valence electrons. The molecule has 0 bridgehead atoms. The minimum absolute atomic E-state index is 0.252. The van der Waals surface area contributed by atoms with Crippen molar-refractivity contribution in [3.8, 4) is 11.6 Å². The maximum Gasteiger partial charge on any atom is 0.332 e. The molecule has 0 unspecified atom stereocenters. The maximum atomic E-state index is 12.6. The van der Waals surface area contributed by atoms with E-state index in [0.29, 0.717) is 34.0 Å². The van der Waals surface area contributed by atoms with Gasteiger partial charge in [0, 0.05) is 38.5 Å². The third-order valence-electron chi connectivity index (χ3n) is 5.76. The van der Waals surface area contributed by atoms with E-state index in [1.54, 1.807) is 25.4 Å². The molecule has 0 saturated heterocycles. The second-order valence-electron chi connectivity index (χ2n) is 8.63. The Kier molecular flexibility index (Phi) is 7.54. The summed E-state index contributed by atoms with van der Waals surface area (Å²) >= 11 is 0. The summed E-state index contributed by atoms with van der Waals surface area (Å²) < 4.78 is 7.14. The molecule has 0 fully saturated rings. The summed E-state index contributed by atoms with van der Waals surface area (Å²) in [4.78, 5) is 40.6. The number of hydrogen-bond donors (Lipinski definition) is 3. The van der Waals surface area contributed by atoms with Crippen molar-refractivity contribution in [2.75, 3.05) is 56.9 Å². The van der Waals surface area contributed by atoms with Crippen LogP contribution in [0.15, 0.2) is 66.1 Å². The molecule has 0 aliphatic carbocycles. The van der Waals surface area contributed by atoms with Crippen LogP contribution in [0.1, 0.15) is 0 Å². The molecule has 11 nitrogen and oxygen atoms in total. The standard InChI is InChI=1S/C26H30N8O3/c1-6-24(35)28-18-15-19(22(37-5)16-21(18)33(4)14-13-32(2)3)29-25-27-12-11-23(31-25)34-20-10-8-7-9-17(20)30-26(34)36/h6-12,15-16H,1,13-14H2,2-5H3,(H,28,35)(H,30,36)(H,27,29,31). The Labute approximate surface area is 214 Å². The van der Waals surface area contributed by atoms with Crippen LogP contribution < -0.4 is 26.0 Å². The van der Waals surface area contributed by atoms with Crippen molar-refractivity contribution in [2.24, 2.45) is 0 Å². The van der Waals surface area contributed by atoms with Gasteiger partial charge in [-0.15, -0.1) is 0 Å². The Bertz CT molecular complexity index is 1490. The lowest BCUT2D eigenvalue weighted by Crippen LogP contribution is -2.29. The molecule has 2 heterocycles. The first-order valence-electron chi connectivity index (χ1n) is 11.6. The van der Waals surface area contributed by atoms with Crippen LogP contribution in [0.3, 0.4) is 0 Å². The van der Waals surface area contributed by atoms with E-state index in [9.17, 15) is 9.59 Å². The summed E-state index contributed by atoms with van der Waals surface area (Å²) in [5.41, 5.74) is 2.99. The quantitative estimate of drug-likeness (QED) is 0.283. The molecule has 2 aromatic carbocycles. The second kappa shape index (κ2) is 11.0. The number of H-pyrrole nitrogens is 1. The smallest absolute Gasteiger partial charge is 0.332 e. The normalized spacial score (nSPS) is 10.9. The van der Waals surface area contributed by atoms with Gasteiger partial charge >= 0.3 is 5.69 Å². The lowest BCUT2D eigenvalue weighted by atomic mass is 10.2. The van der Waals surface area contributed by atoms with Gasteiger partial charge in [0.05, 0.1) is 35.2 Å². The number of imidazole rings is 1. The topological polar surface area (TPSA) is 120 Å². The first-order valence-corrected chi connectivity index (χ1v) is 11.6. The average Bonchev–Trinajstić information content (AvgIpc) is 3.23. The highest BCUT2D eigenvalue weighted by Gasteiger charge is 2.17. The molecule has 0 spiro atoms. The van der Waals surface area contributed by atoms with Gasteiger partial charge in [0.2, 0.25) is 11.9 Å². The number of amides is 1. The van der Waals surface area contributed by atoms with Crippen molar-refractivity contribution < 1.29 is 9.53 Å². The summed E-state index contributed by atoms with van der Waals surface area (Å²) in [5.74, 6) is 0.846. The van der Waals surface area contributed by atoms with Crippen molar-refractivity contribution in [1.29, 1.82) is 0 Å². The second-order valence-corrected chi connectivity index (χ2v) is 8.63. The van der Waals surface area contributed by atoms with Crippen LogP contribution in [0, 0.1) is 0 Å². The number of rotatable bonds is 10. The van der Waals surface area contributed by atoms with Crippen molar-refractivity contribution in [3.63, 3.8) is 0 Å². The van der Waals surface area contributed by atoms with Gasteiger partial charge in [-0.05, 0) is 38.4 Å². The highest BCUT2D eigenvalue weighted by atomic mass is 16.5. The van der Waals surface area contributed by atoms with E-state index in [1.165, 1.54) is 10.6 Å². The van der Waals surface area contributed by atoms with Crippen LogP contribution in [0.2, 0.25) is 0 Å². The van der Waals surface area contributed by atoms with Crippen molar-refractivity contribution >= 4 is 40.0 Å². The summed E-state index contributed by atoms with van der Waals surface area (Å²) in [6.07, 6.45) is 2.78. The Morgan fingerprint density at radius 3 is 2.68 bits per heavy atom. The summed E-state index contributed by atoms with van der Waals surface area (Å²) in [7, 11) is 7.51. The van der Waals surface area contributed by atoms with Crippen molar-refractivity contribution in [1.82, 2.24) is 24.4 Å². The van der Waals surface area contributed by atoms with Crippen molar-refractivity contribution in [3.05, 3.63) is 71.8 Å². The van der Waals surface area contributed by atoms with Gasteiger partial charge in [0.15, 0.2) is 0 Å². The van der Waals surface area contributed by atoms with E-state index in [0.717, 1.165) is 18.8 Å². The minimum atomic E-state index is -0.338. The van der Waals surface area contributed by atoms with Crippen LogP contribution >= 0.6 is 0 Å². The molecule has 2 aromatic heterocycles. The summed E-state index contributed by atoms with van der Waals surface area (Å²) in [6.45, 7) is 5.10. The number of nitrogens with zero attached hydrogens (tertiary/aromatic N) is 5. The van der Waals surface area contributed by atoms with Gasteiger partial charge in [0.1, 0.15) is 11.6 Å². The summed E-state index contributed by atoms with van der Waals surface area (Å²) in [6, 6.07) is 12.6. The number of methoxy groups -OCH3 is 1. The van der Waals surface area contributed by atoms with Gasteiger partial charge in [-0.2, -0.15) is 4.98 Å². The zero-order chi connectivity index (χ0) is 26.5. The number of carbonyl (C=O) groups excluding carboxylic acids is 1. The molecular weight excluding hydrogens is 472 g/mol. The highest BCUT2D eigenvalue weighted by Crippen LogP contribution is 2.38. The molecule has 0 saturated carbocycles. The zero-order valence-corrected chi connectivity index (χ0v) is 21.3. The van der Waals surface area contributed by atoms with Crippen LogP contribution in [-0.2, 0) is 4.79 Å². The highest BCUT2D eigenvalue weighted by molar-refractivity contribution is 6.02. The molecule has 0 atom stereocenters. The Morgan fingerprint density at radius 1 is 1.16 bits per heavy atom. The molecule has 3 N–H and O–H groups in total. The molecule has 0 radical (unpaired) electrons. The van der Waals surface area contributed by atoms with Crippen LogP contribution in [0.5, 0.6) is 5.75 Å². The monoisotopic (exact) mass is 502 g/mol. The third-order valence-corrected chi connectivity index (χ3v) is 5.76. The molecule has 11 heteroatoms. The number of para-hydroxylation sites is 2. The average molecular weight is 503 g/mol. The minimum Gasteiger partial charge on any atom is -0.494 e. The fourth-order valence-electron chi connectivity index (χ4n) is 3.84. The number of nitrogens with one attached hydrogen (secondary N) is 3. The predicted octanol–water partition coefficient (Wildman–Crippen LogP) is 2.98. The van der Waals surface area contributed by atoms with Gasteiger partial charge in [-0.1, -0.05) is 18.7 Å². The first-order chi connectivity index (χ1) is 17.8. The summed E-state index contributed by atoms with van der Waals surface area (Å²) in [5, 5.41) is 6.03. The third kappa shape index (κ3) is 5.62. The number of carbonyl (C=O) groups is 1. The number of hydrogen-bond acceptors (Lipinski definition) is 8. The van der Waals surface area contributed by atoms with Gasteiger partial charge in [-0.3, -0.25) is 4.79 Å². The van der Waals surface area contributed by atoms with E-state index >= 15 is 0 Å². The molecule has 37 heavy (non-hydrogen) atoms. The maximum absolute atomic E-state index is 12.6. The lowest BCUT2D eigenvalue weighted by molar-refractivity contribution is -0.111. The van der Waals surface area contributed by atoms with Crippen LogP contribution in [0.4, 0.5) is 23.0 Å². The van der Waals surface area contributed by atoms with Gasteiger partial charge < -0.3 is 30.2 Å². The molecule has 0 aliphatic heterocycles. The van der Waals surface area contributed by atoms with Crippen LogP contribution in [-0.4, -0.2) is 71.7 Å². The van der Waals surface area contributed by atoms with Gasteiger partial charge in [0.25, 0.3) is 0 Å². The first kappa shape index (κ1) is 25.5. The Balaban J connectivity index is 1.72. The zero-order valence-electron chi connectivity index (χ0n) is 21.3. The number of aromatic nitrogens is 4. The molecule has 1 amide bonds. The Morgan fingerprint density at radius 2 is 1.95 bits per heavy atom. The molecule has 4 rings (SSSR count). The number of aromatic amines is 1. The lowest BCUT2D eigenvalue weighted by Gasteiger charge is -2.26. The largest absolute Gasteiger partial charge is 0.494 e. The molecular formula is C26H30N8O3. The SMILES string of the molecule is C=CC(=O)Nc1cc(Nc2nccc(-n3c(=O)[nH]c4ccccc43)n2)c(OC)cc1N(C)CCN(C)C. The fourth-order valence-corrected chi connectivity index (χ4v) is 3.84. The van der Waals surface area contributed by atoms with E-state index in [-0.39, 0.29) is 17.5 Å². The predicted molar refractivity (Wildman–Crippen MR) is 146 cm³/mol. The van der Waals surface area contributed by atoms with Crippen molar-refractivity contribution in [2.45, 2.75) is 0 Å². The number of benzene rings is 2. The van der Waals surface area contributed by atoms with E-state index in [1.807, 2.05) is 56.4 Å². The Hall–Kier alpha value is -4.64. The number of likely N-dealkylation sites (N-methyl/N-ethyl adjacent to an activating group) is 2. The van der Waals surface area contributed by atoms with E-state index in [2.05, 4.69) is 37.1 Å². The van der Waals surface area contributed by atoms with E-state index < -0.39 is 0 Å². The molecule has 4 aromatic rings. The number of fused-ring (bicyclic) bond motifs is 1. The molecule has 0 aliphatic rings. The number of anilines is 4. The van der Waals surface area contributed by atoms with Gasteiger partial charge in [-0.25, -0.2) is 14.3 Å². The number of ether oxygens (including phenoxy) is 1. The van der Waals surface area contributed by atoms with Crippen LogP contribution in [0.25, 0.3) is 16.9 Å².